The number of nitrogens with one attached hydrogen (secondary N) is 1. The lowest BCUT2D eigenvalue weighted by atomic mass is 10.3. The average molecular weight is 248 g/mol. The summed E-state index contributed by atoms with van der Waals surface area (Å²) in [5.41, 5.74) is 0.764. The normalized spacial score (nSPS) is 16.7. The average Bonchev–Trinajstić information content (AvgIpc) is 2.40. The van der Waals surface area contributed by atoms with Gasteiger partial charge in [0.25, 0.3) is 0 Å². The smallest absolute Gasteiger partial charge is 0.224 e. The fourth-order valence-corrected chi connectivity index (χ4v) is 1.93. The number of likely N-dealkylation sites (N-methyl/N-ethyl adjacent to an activating group) is 1. The van der Waals surface area contributed by atoms with Gasteiger partial charge in [-0.25, -0.2) is 4.98 Å². The minimum Gasteiger partial charge on any atom is -0.354 e. The Balaban J connectivity index is 1.97. The maximum atomic E-state index is 11.2. The van der Waals surface area contributed by atoms with Crippen LogP contribution in [0.2, 0.25) is 0 Å². The number of amides is 1. The van der Waals surface area contributed by atoms with Gasteiger partial charge < -0.3 is 15.1 Å². The van der Waals surface area contributed by atoms with Crippen LogP contribution in [0.4, 0.5) is 11.5 Å². The van der Waals surface area contributed by atoms with Gasteiger partial charge in [-0.3, -0.25) is 4.79 Å². The first kappa shape index (κ1) is 12.8. The zero-order valence-corrected chi connectivity index (χ0v) is 11.0. The molecule has 1 aromatic rings. The molecule has 1 saturated heterocycles. The maximum Gasteiger partial charge on any atom is 0.224 e. The fraction of sp³-hybridized carbons (Fsp3) is 0.538. The molecule has 18 heavy (non-hydrogen) atoms. The summed E-state index contributed by atoms with van der Waals surface area (Å²) in [5, 5.41) is 2.80. The van der Waals surface area contributed by atoms with Crippen LogP contribution in [0.5, 0.6) is 0 Å². The molecule has 0 aliphatic carbocycles. The second-order valence-electron chi connectivity index (χ2n) is 4.60. The van der Waals surface area contributed by atoms with Crippen molar-refractivity contribution in [2.75, 3.05) is 43.4 Å². The van der Waals surface area contributed by atoms with Crippen LogP contribution in [-0.4, -0.2) is 49.0 Å². The van der Waals surface area contributed by atoms with Gasteiger partial charge >= 0.3 is 0 Å². The molecule has 1 aliphatic heterocycles. The van der Waals surface area contributed by atoms with Gasteiger partial charge in [-0.1, -0.05) is 6.92 Å². The Morgan fingerprint density at radius 1 is 1.33 bits per heavy atom. The van der Waals surface area contributed by atoms with E-state index in [9.17, 15) is 4.79 Å². The Morgan fingerprint density at radius 2 is 2.06 bits per heavy atom. The third kappa shape index (κ3) is 3.20. The van der Waals surface area contributed by atoms with E-state index < -0.39 is 0 Å². The van der Waals surface area contributed by atoms with E-state index in [1.807, 2.05) is 19.1 Å². The molecule has 0 radical (unpaired) electrons. The molecule has 1 amide bonds. The van der Waals surface area contributed by atoms with Crippen molar-refractivity contribution in [3.63, 3.8) is 0 Å². The summed E-state index contributed by atoms with van der Waals surface area (Å²) >= 11 is 0. The molecule has 1 fully saturated rings. The first-order valence-electron chi connectivity index (χ1n) is 6.38. The third-order valence-electron chi connectivity index (χ3n) is 3.18. The highest BCUT2D eigenvalue weighted by atomic mass is 16.1. The quantitative estimate of drug-likeness (QED) is 0.872. The van der Waals surface area contributed by atoms with E-state index in [0.717, 1.165) is 37.7 Å². The molecule has 0 bridgehead atoms. The maximum absolute atomic E-state index is 11.2. The van der Waals surface area contributed by atoms with Gasteiger partial charge in [0.15, 0.2) is 0 Å². The summed E-state index contributed by atoms with van der Waals surface area (Å²) in [4.78, 5) is 20.2. The largest absolute Gasteiger partial charge is 0.354 e. The molecule has 1 N–H and O–H groups in total. The number of anilines is 2. The van der Waals surface area contributed by atoms with Crippen molar-refractivity contribution in [2.24, 2.45) is 0 Å². The molecular weight excluding hydrogens is 228 g/mol. The number of piperazine rings is 1. The van der Waals surface area contributed by atoms with E-state index in [4.69, 9.17) is 0 Å². The van der Waals surface area contributed by atoms with Gasteiger partial charge in [-0.05, 0) is 19.2 Å². The van der Waals surface area contributed by atoms with Crippen LogP contribution in [0, 0.1) is 0 Å². The lowest BCUT2D eigenvalue weighted by molar-refractivity contribution is -0.115. The SMILES string of the molecule is CCC(=O)Nc1ccc(N2CCN(C)CC2)nc1. The van der Waals surface area contributed by atoms with Gasteiger partial charge in [0, 0.05) is 32.6 Å². The molecule has 1 aromatic heterocycles. The second-order valence-corrected chi connectivity index (χ2v) is 4.60. The standard InChI is InChI=1S/C13H20N4O/c1-3-13(18)15-11-4-5-12(14-10-11)17-8-6-16(2)7-9-17/h4-5,10H,3,6-9H2,1-2H3,(H,15,18). The highest BCUT2D eigenvalue weighted by molar-refractivity contribution is 5.90. The van der Waals surface area contributed by atoms with E-state index in [1.54, 1.807) is 6.20 Å². The van der Waals surface area contributed by atoms with Gasteiger partial charge in [0.1, 0.15) is 5.82 Å². The van der Waals surface area contributed by atoms with E-state index in [2.05, 4.69) is 27.1 Å². The van der Waals surface area contributed by atoms with Crippen molar-refractivity contribution >= 4 is 17.4 Å². The van der Waals surface area contributed by atoms with Crippen molar-refractivity contribution in [3.8, 4) is 0 Å². The molecule has 1 aliphatic rings. The lowest BCUT2D eigenvalue weighted by Gasteiger charge is -2.33. The molecule has 2 heterocycles. The number of rotatable bonds is 3. The Kier molecular flexibility index (Phi) is 4.15. The highest BCUT2D eigenvalue weighted by Gasteiger charge is 2.14. The predicted molar refractivity (Wildman–Crippen MR) is 72.9 cm³/mol. The topological polar surface area (TPSA) is 48.5 Å². The summed E-state index contributed by atoms with van der Waals surface area (Å²) < 4.78 is 0. The van der Waals surface area contributed by atoms with Crippen LogP contribution < -0.4 is 10.2 Å². The van der Waals surface area contributed by atoms with Crippen LogP contribution in [0.1, 0.15) is 13.3 Å². The molecule has 2 rings (SSSR count). The summed E-state index contributed by atoms with van der Waals surface area (Å²) in [7, 11) is 2.13. The van der Waals surface area contributed by atoms with Crippen LogP contribution in [-0.2, 0) is 4.79 Å². The number of carbonyl (C=O) groups is 1. The van der Waals surface area contributed by atoms with Gasteiger partial charge in [-0.2, -0.15) is 0 Å². The van der Waals surface area contributed by atoms with E-state index >= 15 is 0 Å². The fourth-order valence-electron chi connectivity index (χ4n) is 1.93. The monoisotopic (exact) mass is 248 g/mol. The zero-order chi connectivity index (χ0) is 13.0. The molecule has 0 spiro atoms. The number of hydrogen-bond donors (Lipinski definition) is 1. The Hall–Kier alpha value is -1.62. The van der Waals surface area contributed by atoms with Crippen molar-refractivity contribution in [1.82, 2.24) is 9.88 Å². The van der Waals surface area contributed by atoms with Crippen molar-refractivity contribution in [1.29, 1.82) is 0 Å². The van der Waals surface area contributed by atoms with Crippen LogP contribution in [0.3, 0.4) is 0 Å². The van der Waals surface area contributed by atoms with Gasteiger partial charge in [0.2, 0.25) is 5.91 Å². The van der Waals surface area contributed by atoms with Crippen LogP contribution in [0.15, 0.2) is 18.3 Å². The molecule has 5 nitrogen and oxygen atoms in total. The van der Waals surface area contributed by atoms with Crippen LogP contribution in [0.25, 0.3) is 0 Å². The Bertz CT molecular complexity index is 396. The summed E-state index contributed by atoms with van der Waals surface area (Å²) in [6.07, 6.45) is 2.21. The van der Waals surface area contributed by atoms with Gasteiger partial charge in [0.05, 0.1) is 11.9 Å². The molecule has 0 unspecified atom stereocenters. The Labute approximate surface area is 108 Å². The van der Waals surface area contributed by atoms with Crippen molar-refractivity contribution in [2.45, 2.75) is 13.3 Å². The number of pyridine rings is 1. The molecule has 98 valence electrons. The zero-order valence-electron chi connectivity index (χ0n) is 11.0. The summed E-state index contributed by atoms with van der Waals surface area (Å²) in [6, 6.07) is 3.88. The molecule has 0 saturated carbocycles. The number of nitrogens with zero attached hydrogens (tertiary/aromatic N) is 3. The van der Waals surface area contributed by atoms with Crippen LogP contribution >= 0.6 is 0 Å². The Morgan fingerprint density at radius 3 is 2.61 bits per heavy atom. The predicted octanol–water partition coefficient (Wildman–Crippen LogP) is 1.18. The van der Waals surface area contributed by atoms with E-state index in [-0.39, 0.29) is 5.91 Å². The van der Waals surface area contributed by atoms with E-state index in [1.165, 1.54) is 0 Å². The molecular formula is C13H20N4O. The van der Waals surface area contributed by atoms with Crippen molar-refractivity contribution < 1.29 is 4.79 Å². The minimum atomic E-state index is 0.0177. The third-order valence-corrected chi connectivity index (χ3v) is 3.18. The highest BCUT2D eigenvalue weighted by Crippen LogP contribution is 2.15. The van der Waals surface area contributed by atoms with Crippen molar-refractivity contribution in [3.05, 3.63) is 18.3 Å². The molecule has 5 heteroatoms. The number of carbonyl (C=O) groups excluding carboxylic acids is 1. The summed E-state index contributed by atoms with van der Waals surface area (Å²) in [6.45, 7) is 5.97. The first-order valence-corrected chi connectivity index (χ1v) is 6.38. The van der Waals surface area contributed by atoms with E-state index in [0.29, 0.717) is 6.42 Å². The minimum absolute atomic E-state index is 0.0177. The lowest BCUT2D eigenvalue weighted by Crippen LogP contribution is -2.44. The second kappa shape index (κ2) is 5.82. The number of aromatic nitrogens is 1. The first-order chi connectivity index (χ1) is 8.69. The molecule has 0 aromatic carbocycles. The van der Waals surface area contributed by atoms with Gasteiger partial charge in [-0.15, -0.1) is 0 Å². The number of hydrogen-bond acceptors (Lipinski definition) is 4. The molecule has 0 atom stereocenters. The summed E-state index contributed by atoms with van der Waals surface area (Å²) in [5.74, 6) is 1.00.